The second-order valence-electron chi connectivity index (χ2n) is 9.88. The number of carboxylic acids is 1. The lowest BCUT2D eigenvalue weighted by Gasteiger charge is -2.28. The van der Waals surface area contributed by atoms with Crippen molar-refractivity contribution in [1.29, 1.82) is 0 Å². The summed E-state index contributed by atoms with van der Waals surface area (Å²) in [6, 6.07) is 23.5. The molecule has 1 saturated heterocycles. The zero-order chi connectivity index (χ0) is 28.6. The summed E-state index contributed by atoms with van der Waals surface area (Å²) in [4.78, 5) is 24.3. The number of carboxylic acid groups (broad SMARTS) is 1. The first-order valence-corrected chi connectivity index (χ1v) is 13.7. The maximum absolute atomic E-state index is 12.7. The molecule has 2 atom stereocenters. The van der Waals surface area contributed by atoms with Crippen molar-refractivity contribution >= 4 is 23.5 Å². The number of aryl methyl sites for hydroxylation is 1. The third kappa shape index (κ3) is 7.40. The number of aliphatic carboxylic acids is 1. The number of rotatable bonds is 9. The Hall–Kier alpha value is -3.87. The van der Waals surface area contributed by atoms with Gasteiger partial charge in [0.1, 0.15) is 11.5 Å². The van der Waals surface area contributed by atoms with Crippen molar-refractivity contribution in [2.45, 2.75) is 39.7 Å². The predicted molar refractivity (Wildman–Crippen MR) is 158 cm³/mol. The molecular formula is C33H34ClNO5. The monoisotopic (exact) mass is 559 g/mol. The quantitative estimate of drug-likeness (QED) is 0.278. The zero-order valence-corrected chi connectivity index (χ0v) is 23.7. The van der Waals surface area contributed by atoms with E-state index in [1.54, 1.807) is 37.3 Å². The Morgan fingerprint density at radius 3 is 2.48 bits per heavy atom. The Morgan fingerprint density at radius 2 is 1.80 bits per heavy atom. The van der Waals surface area contributed by atoms with E-state index in [-0.39, 0.29) is 12.0 Å². The molecule has 1 heterocycles. The van der Waals surface area contributed by atoms with Crippen LogP contribution in [0.5, 0.6) is 5.75 Å². The maximum Gasteiger partial charge on any atom is 0.310 e. The van der Waals surface area contributed by atoms with E-state index in [1.807, 2.05) is 25.1 Å². The number of amides is 1. The van der Waals surface area contributed by atoms with Gasteiger partial charge in [-0.2, -0.15) is 0 Å². The molecule has 2 unspecified atom stereocenters. The minimum Gasteiger partial charge on any atom is -0.481 e. The first kappa shape index (κ1) is 29.1. The molecule has 3 aromatic rings. The van der Waals surface area contributed by atoms with Gasteiger partial charge >= 0.3 is 5.97 Å². The maximum atomic E-state index is 12.7. The Kier molecular flexibility index (Phi) is 9.80. The van der Waals surface area contributed by atoms with E-state index in [1.165, 1.54) is 22.3 Å². The summed E-state index contributed by atoms with van der Waals surface area (Å²) in [5.41, 5.74) is 5.89. The van der Waals surface area contributed by atoms with Crippen LogP contribution in [-0.4, -0.2) is 36.2 Å². The normalized spacial score (nSPS) is 18.6. The van der Waals surface area contributed by atoms with E-state index < -0.39 is 11.9 Å². The second-order valence-corrected chi connectivity index (χ2v) is 10.3. The molecule has 0 saturated carbocycles. The fourth-order valence-corrected chi connectivity index (χ4v) is 4.90. The average Bonchev–Trinajstić information content (AvgIpc) is 2.95. The Bertz CT molecular complexity index is 1410. The molecule has 1 aliphatic rings. The molecule has 4 rings (SSSR count). The Labute approximate surface area is 240 Å². The summed E-state index contributed by atoms with van der Waals surface area (Å²) < 4.78 is 11.5. The first-order chi connectivity index (χ1) is 19.2. The van der Waals surface area contributed by atoms with Gasteiger partial charge in [-0.1, -0.05) is 60.1 Å². The number of benzene rings is 3. The zero-order valence-electron chi connectivity index (χ0n) is 22.9. The molecule has 7 heteroatoms. The summed E-state index contributed by atoms with van der Waals surface area (Å²) in [5, 5.41) is 12.8. The fraction of sp³-hybridized carbons (Fsp3) is 0.273. The summed E-state index contributed by atoms with van der Waals surface area (Å²) in [6.07, 6.45) is 2.42. The second kappa shape index (κ2) is 13.5. The number of allylic oxidation sites excluding steroid dienone is 3. The van der Waals surface area contributed by atoms with Crippen molar-refractivity contribution in [1.82, 2.24) is 5.32 Å². The van der Waals surface area contributed by atoms with Crippen LogP contribution in [0.1, 0.15) is 41.8 Å². The molecule has 0 bridgehead atoms. The van der Waals surface area contributed by atoms with E-state index >= 15 is 0 Å². The predicted octanol–water partition coefficient (Wildman–Crippen LogP) is 6.92. The average molecular weight is 560 g/mol. The topological polar surface area (TPSA) is 84.9 Å². The lowest BCUT2D eigenvalue weighted by Crippen LogP contribution is -2.31. The van der Waals surface area contributed by atoms with E-state index in [0.717, 1.165) is 6.42 Å². The molecule has 1 fully saturated rings. The molecule has 6 nitrogen and oxygen atoms in total. The van der Waals surface area contributed by atoms with Crippen LogP contribution in [0.4, 0.5) is 0 Å². The highest BCUT2D eigenvalue weighted by Crippen LogP contribution is 2.30. The summed E-state index contributed by atoms with van der Waals surface area (Å²) in [5.74, 6) is -0.759. The molecule has 2 N–H and O–H groups in total. The highest BCUT2D eigenvalue weighted by molar-refractivity contribution is 6.31. The van der Waals surface area contributed by atoms with E-state index in [0.29, 0.717) is 47.2 Å². The molecule has 40 heavy (non-hydrogen) atoms. The van der Waals surface area contributed by atoms with E-state index in [2.05, 4.69) is 42.6 Å². The van der Waals surface area contributed by atoms with Gasteiger partial charge in [0.15, 0.2) is 0 Å². The van der Waals surface area contributed by atoms with Crippen LogP contribution in [-0.2, 0) is 16.0 Å². The van der Waals surface area contributed by atoms with Crippen LogP contribution in [0.15, 0.2) is 95.2 Å². The minimum absolute atomic E-state index is 0.161. The van der Waals surface area contributed by atoms with Gasteiger partial charge in [0.2, 0.25) is 0 Å². The van der Waals surface area contributed by atoms with Crippen LogP contribution in [0.2, 0.25) is 0 Å². The third-order valence-corrected chi connectivity index (χ3v) is 7.47. The van der Waals surface area contributed by atoms with Gasteiger partial charge in [0.05, 0.1) is 17.1 Å². The molecule has 1 amide bonds. The fourth-order valence-electron chi connectivity index (χ4n) is 4.74. The van der Waals surface area contributed by atoms with Crippen LogP contribution >= 0.6 is 11.6 Å². The standard InChI is InChI=1S/C33H34ClNO5/c1-21-19-27(25-7-5-4-6-8-25)10-9-24(21)15-17-35-32(36)26-11-13-28(14-12-26)40-23(3)31(34)20-30-22(2)39-18-16-29(30)33(37)38/h4-14,19-20,22,29H,15-18H2,1-3H3,(H,35,36)(H,37,38)/b30-20+,31-23-. The van der Waals surface area contributed by atoms with Gasteiger partial charge < -0.3 is 19.9 Å². The molecule has 3 aromatic carbocycles. The molecule has 0 spiro atoms. The minimum atomic E-state index is -0.894. The van der Waals surface area contributed by atoms with Gasteiger partial charge in [-0.15, -0.1) is 0 Å². The SMILES string of the molecule is C/C(Oc1ccc(C(=O)NCCc2ccc(-c3ccccc3)cc2C)cc1)=C(Cl)\C=C1/C(C)OCCC1C(=O)O. The van der Waals surface area contributed by atoms with Crippen molar-refractivity contribution in [3.8, 4) is 16.9 Å². The first-order valence-electron chi connectivity index (χ1n) is 13.4. The number of halogens is 1. The number of ether oxygens (including phenoxy) is 2. The van der Waals surface area contributed by atoms with E-state index in [9.17, 15) is 14.7 Å². The van der Waals surface area contributed by atoms with Crippen molar-refractivity contribution < 1.29 is 24.2 Å². The van der Waals surface area contributed by atoms with Gasteiger partial charge in [-0.25, -0.2) is 0 Å². The third-order valence-electron chi connectivity index (χ3n) is 7.09. The Morgan fingerprint density at radius 1 is 1.07 bits per heavy atom. The van der Waals surface area contributed by atoms with Crippen molar-refractivity contribution in [3.63, 3.8) is 0 Å². The molecule has 0 aliphatic carbocycles. The summed E-state index contributed by atoms with van der Waals surface area (Å²) >= 11 is 6.46. The van der Waals surface area contributed by atoms with Crippen LogP contribution < -0.4 is 10.1 Å². The van der Waals surface area contributed by atoms with E-state index in [4.69, 9.17) is 21.1 Å². The lowest BCUT2D eigenvalue weighted by molar-refractivity contribution is -0.143. The highest BCUT2D eigenvalue weighted by atomic mass is 35.5. The van der Waals surface area contributed by atoms with Crippen molar-refractivity contribution in [3.05, 3.63) is 112 Å². The van der Waals surface area contributed by atoms with Crippen molar-refractivity contribution in [2.24, 2.45) is 5.92 Å². The molecule has 1 aliphatic heterocycles. The summed E-state index contributed by atoms with van der Waals surface area (Å²) in [7, 11) is 0. The van der Waals surface area contributed by atoms with Crippen LogP contribution in [0, 0.1) is 12.8 Å². The largest absolute Gasteiger partial charge is 0.481 e. The number of hydrogen-bond acceptors (Lipinski definition) is 4. The molecular weight excluding hydrogens is 526 g/mol. The highest BCUT2D eigenvalue weighted by Gasteiger charge is 2.30. The van der Waals surface area contributed by atoms with Crippen molar-refractivity contribution in [2.75, 3.05) is 13.2 Å². The molecule has 0 radical (unpaired) electrons. The smallest absolute Gasteiger partial charge is 0.310 e. The number of carbonyl (C=O) groups excluding carboxylic acids is 1. The number of nitrogens with one attached hydrogen (secondary N) is 1. The van der Waals surface area contributed by atoms with Crippen LogP contribution in [0.3, 0.4) is 0 Å². The molecule has 208 valence electrons. The summed E-state index contributed by atoms with van der Waals surface area (Å²) in [6.45, 7) is 6.53. The van der Waals surface area contributed by atoms with Gasteiger partial charge in [-0.3, -0.25) is 9.59 Å². The lowest BCUT2D eigenvalue weighted by atomic mass is 9.89. The number of carbonyl (C=O) groups is 2. The Balaban J connectivity index is 1.32. The van der Waals surface area contributed by atoms with Crippen LogP contribution in [0.25, 0.3) is 11.1 Å². The van der Waals surface area contributed by atoms with Gasteiger partial charge in [-0.05, 0) is 91.8 Å². The number of hydrogen-bond donors (Lipinski definition) is 2. The molecule has 0 aromatic heterocycles. The van der Waals surface area contributed by atoms with Gasteiger partial charge in [0, 0.05) is 18.7 Å². The van der Waals surface area contributed by atoms with Gasteiger partial charge in [0.25, 0.3) is 5.91 Å².